The quantitative estimate of drug-likeness (QED) is 0.826. The summed E-state index contributed by atoms with van der Waals surface area (Å²) in [4.78, 5) is 17.2. The number of nitrogens with one attached hydrogen (secondary N) is 1. The molecule has 3 N–H and O–H groups in total. The second-order valence-corrected chi connectivity index (χ2v) is 5.36. The highest BCUT2D eigenvalue weighted by Gasteiger charge is 2.15. The van der Waals surface area contributed by atoms with E-state index in [9.17, 15) is 4.79 Å². The normalized spacial score (nSPS) is 16.6. The Balaban J connectivity index is 1.95. The Morgan fingerprint density at radius 2 is 2.31 bits per heavy atom. The number of hydrogen-bond donors (Lipinski definition) is 2. The molecule has 1 amide bonds. The van der Waals surface area contributed by atoms with Gasteiger partial charge in [-0.15, -0.1) is 11.3 Å². The van der Waals surface area contributed by atoms with Gasteiger partial charge in [-0.25, -0.2) is 4.98 Å². The van der Waals surface area contributed by atoms with Crippen molar-refractivity contribution in [3.63, 3.8) is 0 Å². The fraction of sp³-hybridized carbons (Fsp3) is 0.636. The molecular formula is C11H17N3OS. The lowest BCUT2D eigenvalue weighted by molar-refractivity contribution is -0.122. The molecule has 88 valence electrons. The van der Waals surface area contributed by atoms with Crippen LogP contribution in [0.3, 0.4) is 0 Å². The van der Waals surface area contributed by atoms with Crippen LogP contribution < -0.4 is 11.1 Å². The van der Waals surface area contributed by atoms with Crippen LogP contribution in [0.5, 0.6) is 0 Å². The summed E-state index contributed by atoms with van der Waals surface area (Å²) in [5.74, 6) is -0.117. The second kappa shape index (κ2) is 4.93. The van der Waals surface area contributed by atoms with Gasteiger partial charge in [0, 0.05) is 4.88 Å². The average Bonchev–Trinajstić information content (AvgIpc) is 2.68. The highest BCUT2D eigenvalue weighted by molar-refractivity contribution is 7.11. The van der Waals surface area contributed by atoms with Crippen LogP contribution >= 0.6 is 11.3 Å². The summed E-state index contributed by atoms with van der Waals surface area (Å²) in [6, 6.07) is -0.449. The number of amides is 1. The van der Waals surface area contributed by atoms with Crippen molar-refractivity contribution in [2.75, 3.05) is 0 Å². The van der Waals surface area contributed by atoms with E-state index in [2.05, 4.69) is 10.3 Å². The van der Waals surface area contributed by atoms with Crippen LogP contribution in [0.25, 0.3) is 0 Å². The first-order chi connectivity index (χ1) is 7.66. The zero-order valence-corrected chi connectivity index (χ0v) is 10.3. The Bertz CT molecular complexity index is 363. The first-order valence-electron chi connectivity index (χ1n) is 5.67. The minimum Gasteiger partial charge on any atom is -0.348 e. The molecule has 0 radical (unpaired) electrons. The number of carbonyl (C=O) groups excluding carboxylic acids is 1. The lowest BCUT2D eigenvalue weighted by atomic mass is 10.0. The Morgan fingerprint density at radius 3 is 3.00 bits per heavy atom. The summed E-state index contributed by atoms with van der Waals surface area (Å²) < 4.78 is 0. The number of aromatic nitrogens is 1. The Kier molecular flexibility index (Phi) is 3.56. The third-order valence-corrected chi connectivity index (χ3v) is 3.87. The monoisotopic (exact) mass is 239 g/mol. The summed E-state index contributed by atoms with van der Waals surface area (Å²) in [5.41, 5.74) is 6.71. The van der Waals surface area contributed by atoms with E-state index in [-0.39, 0.29) is 5.91 Å². The number of thiazole rings is 1. The fourth-order valence-electron chi connectivity index (χ4n) is 1.80. The highest BCUT2D eigenvalue weighted by atomic mass is 32.1. The van der Waals surface area contributed by atoms with E-state index in [4.69, 9.17) is 5.73 Å². The molecule has 1 aromatic heterocycles. The van der Waals surface area contributed by atoms with Crippen LogP contribution in [0.15, 0.2) is 0 Å². The minimum atomic E-state index is -0.449. The molecule has 2 rings (SSSR count). The van der Waals surface area contributed by atoms with Gasteiger partial charge >= 0.3 is 0 Å². The summed E-state index contributed by atoms with van der Waals surface area (Å²) in [7, 11) is 0. The van der Waals surface area contributed by atoms with Gasteiger partial charge in [-0.1, -0.05) is 0 Å². The van der Waals surface area contributed by atoms with E-state index in [1.807, 2.05) is 0 Å². The maximum absolute atomic E-state index is 11.3. The molecule has 1 aromatic rings. The van der Waals surface area contributed by atoms with Crippen LogP contribution in [0, 0.1) is 0 Å². The number of nitrogens with two attached hydrogens (primary N) is 1. The molecule has 5 heteroatoms. The average molecular weight is 239 g/mol. The van der Waals surface area contributed by atoms with E-state index in [0.717, 1.165) is 17.8 Å². The Hall–Kier alpha value is -0.940. The minimum absolute atomic E-state index is 0.117. The predicted octanol–water partition coefficient (Wildman–Crippen LogP) is 0.985. The third-order valence-electron chi connectivity index (χ3n) is 2.72. The summed E-state index contributed by atoms with van der Waals surface area (Å²) in [6.45, 7) is 2.19. The maximum atomic E-state index is 11.3. The van der Waals surface area contributed by atoms with Crippen molar-refractivity contribution in [3.05, 3.63) is 15.6 Å². The molecule has 0 aliphatic heterocycles. The van der Waals surface area contributed by atoms with Crippen molar-refractivity contribution in [1.29, 1.82) is 0 Å². The van der Waals surface area contributed by atoms with Crippen molar-refractivity contribution >= 4 is 17.2 Å². The third kappa shape index (κ3) is 2.59. The molecule has 0 saturated carbocycles. The molecule has 1 heterocycles. The standard InChI is InChI=1S/C11H17N3OS/c1-7(12)11(15)13-6-10-14-8-4-2-3-5-9(8)16-10/h7H,2-6,12H2,1H3,(H,13,15). The zero-order valence-electron chi connectivity index (χ0n) is 9.45. The summed E-state index contributed by atoms with van der Waals surface area (Å²) >= 11 is 1.72. The topological polar surface area (TPSA) is 68.0 Å². The van der Waals surface area contributed by atoms with Crippen molar-refractivity contribution in [1.82, 2.24) is 10.3 Å². The van der Waals surface area contributed by atoms with E-state index in [1.165, 1.54) is 23.4 Å². The molecule has 16 heavy (non-hydrogen) atoms. The van der Waals surface area contributed by atoms with Crippen molar-refractivity contribution < 1.29 is 4.79 Å². The predicted molar refractivity (Wildman–Crippen MR) is 64.3 cm³/mol. The van der Waals surface area contributed by atoms with Gasteiger partial charge in [-0.2, -0.15) is 0 Å². The van der Waals surface area contributed by atoms with E-state index >= 15 is 0 Å². The van der Waals surface area contributed by atoms with Crippen LogP contribution in [-0.2, 0) is 24.2 Å². The van der Waals surface area contributed by atoms with Crippen LogP contribution in [-0.4, -0.2) is 16.9 Å². The summed E-state index contributed by atoms with van der Waals surface area (Å²) in [5, 5.41) is 3.79. The number of fused-ring (bicyclic) bond motifs is 1. The lowest BCUT2D eigenvalue weighted by Gasteiger charge is -2.06. The first-order valence-corrected chi connectivity index (χ1v) is 6.49. The number of nitrogens with zero attached hydrogens (tertiary/aromatic N) is 1. The van der Waals surface area contributed by atoms with Crippen LogP contribution in [0.4, 0.5) is 0 Å². The zero-order chi connectivity index (χ0) is 11.5. The molecule has 4 nitrogen and oxygen atoms in total. The van der Waals surface area contributed by atoms with Crippen molar-refractivity contribution in [3.8, 4) is 0 Å². The van der Waals surface area contributed by atoms with Gasteiger partial charge in [0.2, 0.25) is 5.91 Å². The summed E-state index contributed by atoms with van der Waals surface area (Å²) in [6.07, 6.45) is 4.74. The molecule has 0 saturated heterocycles. The molecule has 1 aliphatic rings. The van der Waals surface area contributed by atoms with Crippen molar-refractivity contribution in [2.24, 2.45) is 5.73 Å². The van der Waals surface area contributed by atoms with Gasteiger partial charge in [-0.3, -0.25) is 4.79 Å². The van der Waals surface area contributed by atoms with E-state index in [0.29, 0.717) is 6.54 Å². The highest BCUT2D eigenvalue weighted by Crippen LogP contribution is 2.26. The van der Waals surface area contributed by atoms with Gasteiger partial charge in [0.25, 0.3) is 0 Å². The number of rotatable bonds is 3. The molecule has 0 spiro atoms. The first kappa shape index (κ1) is 11.5. The maximum Gasteiger partial charge on any atom is 0.236 e. The number of carbonyl (C=O) groups is 1. The second-order valence-electron chi connectivity index (χ2n) is 4.19. The largest absolute Gasteiger partial charge is 0.348 e. The molecule has 0 bridgehead atoms. The van der Waals surface area contributed by atoms with E-state index < -0.39 is 6.04 Å². The molecular weight excluding hydrogens is 222 g/mol. The molecule has 0 aromatic carbocycles. The molecule has 1 atom stereocenters. The smallest absolute Gasteiger partial charge is 0.236 e. The van der Waals surface area contributed by atoms with Crippen molar-refractivity contribution in [2.45, 2.75) is 45.2 Å². The Labute approximate surface area is 99.3 Å². The molecule has 0 fully saturated rings. The Morgan fingerprint density at radius 1 is 1.56 bits per heavy atom. The molecule has 1 aliphatic carbocycles. The SMILES string of the molecule is CC(N)C(=O)NCc1nc2c(s1)CCCC2. The van der Waals surface area contributed by atoms with Gasteiger partial charge in [0.05, 0.1) is 18.3 Å². The molecule has 1 unspecified atom stereocenters. The lowest BCUT2D eigenvalue weighted by Crippen LogP contribution is -2.37. The van der Waals surface area contributed by atoms with Crippen LogP contribution in [0.2, 0.25) is 0 Å². The van der Waals surface area contributed by atoms with E-state index in [1.54, 1.807) is 18.3 Å². The van der Waals surface area contributed by atoms with Gasteiger partial charge < -0.3 is 11.1 Å². The van der Waals surface area contributed by atoms with Gasteiger partial charge in [0.15, 0.2) is 0 Å². The van der Waals surface area contributed by atoms with Crippen LogP contribution in [0.1, 0.15) is 35.3 Å². The number of hydrogen-bond acceptors (Lipinski definition) is 4. The fourth-order valence-corrected chi connectivity index (χ4v) is 2.90. The van der Waals surface area contributed by atoms with Gasteiger partial charge in [0.1, 0.15) is 5.01 Å². The van der Waals surface area contributed by atoms with Gasteiger partial charge in [-0.05, 0) is 32.6 Å². The number of aryl methyl sites for hydroxylation is 2.